The van der Waals surface area contributed by atoms with E-state index in [1.165, 1.54) is 16.8 Å². The van der Waals surface area contributed by atoms with Gasteiger partial charge in [-0.1, -0.05) is 13.8 Å². The minimum Gasteiger partial charge on any atom is -0.391 e. The summed E-state index contributed by atoms with van der Waals surface area (Å²) in [6.45, 7) is 3.78. The van der Waals surface area contributed by atoms with Gasteiger partial charge in [-0.3, -0.25) is 9.36 Å². The van der Waals surface area contributed by atoms with Gasteiger partial charge in [-0.15, -0.1) is 0 Å². The first-order valence-electron chi connectivity index (χ1n) is 7.44. The molecular weight excluding hydrogens is 304 g/mol. The van der Waals surface area contributed by atoms with E-state index in [-0.39, 0.29) is 30.9 Å². The van der Waals surface area contributed by atoms with Crippen LogP contribution in [0.15, 0.2) is 17.1 Å². The number of carbonyl (C=O) groups excluding carboxylic acids is 1. The number of nitrogens with zero attached hydrogens (tertiary/aromatic N) is 2. The van der Waals surface area contributed by atoms with E-state index in [0.717, 1.165) is 0 Å². The maximum absolute atomic E-state index is 12.0. The quantitative estimate of drug-likeness (QED) is 0.638. The summed E-state index contributed by atoms with van der Waals surface area (Å²) in [6, 6.07) is 0.827. The van der Waals surface area contributed by atoms with Gasteiger partial charge in [0.25, 0.3) is 0 Å². The largest absolute Gasteiger partial charge is 0.391 e. The zero-order chi connectivity index (χ0) is 17.0. The second-order valence-corrected chi connectivity index (χ2v) is 5.76. The van der Waals surface area contributed by atoms with Crippen molar-refractivity contribution in [1.82, 2.24) is 9.55 Å². The molecule has 0 aliphatic carbocycles. The molecule has 0 unspecified atom stereocenters. The Balaban J connectivity index is 2.02. The van der Waals surface area contributed by atoms with Gasteiger partial charge in [0, 0.05) is 6.20 Å². The number of hydrogen-bond acceptors (Lipinski definition) is 7. The highest BCUT2D eigenvalue weighted by molar-refractivity contribution is 5.93. The summed E-state index contributed by atoms with van der Waals surface area (Å²) in [6.07, 6.45) is 0.589. The van der Waals surface area contributed by atoms with Crippen LogP contribution in [-0.4, -0.2) is 46.1 Å². The maximum atomic E-state index is 12.0. The SMILES string of the molecule is CC(C)C[C@H](N)C(=O)Nc1ccn([C@@H]2CO[C@H](CO)O2)c(=O)n1. The van der Waals surface area contributed by atoms with Crippen LogP contribution in [0.3, 0.4) is 0 Å². The molecule has 23 heavy (non-hydrogen) atoms. The van der Waals surface area contributed by atoms with Gasteiger partial charge in [0.2, 0.25) is 5.91 Å². The van der Waals surface area contributed by atoms with Crippen LogP contribution in [0.4, 0.5) is 5.82 Å². The van der Waals surface area contributed by atoms with Crippen LogP contribution in [0.5, 0.6) is 0 Å². The van der Waals surface area contributed by atoms with Crippen LogP contribution >= 0.6 is 0 Å². The van der Waals surface area contributed by atoms with Gasteiger partial charge in [0.05, 0.1) is 19.3 Å². The van der Waals surface area contributed by atoms with Gasteiger partial charge >= 0.3 is 5.69 Å². The summed E-state index contributed by atoms with van der Waals surface area (Å²) in [5.41, 5.74) is 5.19. The molecule has 0 bridgehead atoms. The number of anilines is 1. The van der Waals surface area contributed by atoms with Gasteiger partial charge in [-0.05, 0) is 18.4 Å². The van der Waals surface area contributed by atoms with Crippen LogP contribution in [0, 0.1) is 5.92 Å². The molecule has 1 aliphatic rings. The smallest absolute Gasteiger partial charge is 0.351 e. The molecule has 4 N–H and O–H groups in total. The van der Waals surface area contributed by atoms with Gasteiger partial charge in [0.1, 0.15) is 5.82 Å². The number of amides is 1. The third kappa shape index (κ3) is 4.58. The molecule has 3 atom stereocenters. The van der Waals surface area contributed by atoms with Crippen molar-refractivity contribution in [2.75, 3.05) is 18.5 Å². The molecule has 0 aromatic carbocycles. The zero-order valence-electron chi connectivity index (χ0n) is 13.1. The first kappa shape index (κ1) is 17.5. The third-order valence-electron chi connectivity index (χ3n) is 3.34. The molecule has 1 fully saturated rings. The highest BCUT2D eigenvalue weighted by Crippen LogP contribution is 2.19. The molecule has 0 saturated carbocycles. The second-order valence-electron chi connectivity index (χ2n) is 5.76. The summed E-state index contributed by atoms with van der Waals surface area (Å²) in [4.78, 5) is 27.7. The van der Waals surface area contributed by atoms with Crippen molar-refractivity contribution in [2.24, 2.45) is 11.7 Å². The fourth-order valence-electron chi connectivity index (χ4n) is 2.22. The van der Waals surface area contributed by atoms with Gasteiger partial charge in [-0.25, -0.2) is 4.79 Å². The van der Waals surface area contributed by atoms with Crippen molar-refractivity contribution in [3.8, 4) is 0 Å². The van der Waals surface area contributed by atoms with Crippen LogP contribution in [0.25, 0.3) is 0 Å². The zero-order valence-corrected chi connectivity index (χ0v) is 13.1. The first-order chi connectivity index (χ1) is 10.9. The summed E-state index contributed by atoms with van der Waals surface area (Å²) < 4.78 is 11.7. The molecule has 0 spiro atoms. The van der Waals surface area contributed by atoms with E-state index in [9.17, 15) is 9.59 Å². The lowest BCUT2D eigenvalue weighted by molar-refractivity contribution is -0.117. The molecule has 2 rings (SSSR count). The Hall–Kier alpha value is -1.81. The molecule has 0 radical (unpaired) electrons. The average molecular weight is 326 g/mol. The Morgan fingerprint density at radius 2 is 2.35 bits per heavy atom. The molecule has 1 saturated heterocycles. The maximum Gasteiger partial charge on any atom is 0.351 e. The Morgan fingerprint density at radius 3 is 2.91 bits per heavy atom. The number of nitrogens with one attached hydrogen (secondary N) is 1. The molecule has 9 heteroatoms. The number of ether oxygens (including phenoxy) is 2. The summed E-state index contributed by atoms with van der Waals surface area (Å²) in [7, 11) is 0. The van der Waals surface area contributed by atoms with Crippen molar-refractivity contribution < 1.29 is 19.4 Å². The summed E-state index contributed by atoms with van der Waals surface area (Å²) in [5, 5.41) is 11.5. The summed E-state index contributed by atoms with van der Waals surface area (Å²) in [5.74, 6) is 0.0351. The molecule has 9 nitrogen and oxygen atoms in total. The average Bonchev–Trinajstić information content (AvgIpc) is 2.95. The predicted octanol–water partition coefficient (Wildman–Crippen LogP) is -0.581. The highest BCUT2D eigenvalue weighted by Gasteiger charge is 2.27. The van der Waals surface area contributed by atoms with Crippen molar-refractivity contribution in [3.63, 3.8) is 0 Å². The van der Waals surface area contributed by atoms with Crippen molar-refractivity contribution >= 4 is 11.7 Å². The van der Waals surface area contributed by atoms with E-state index in [1.807, 2.05) is 13.8 Å². The standard InChI is InChI=1S/C14H22N4O5/c1-8(2)5-9(15)13(20)16-10-3-4-18(14(21)17-10)11-7-22-12(6-19)23-11/h3-4,8-9,11-12,19H,5-7,15H2,1-2H3,(H,16,17,20,21)/t9-,11-,12-/m0/s1. The number of rotatable bonds is 6. The lowest BCUT2D eigenvalue weighted by atomic mass is 10.0. The molecule has 1 aliphatic heterocycles. The predicted molar refractivity (Wildman–Crippen MR) is 81.5 cm³/mol. The minimum absolute atomic E-state index is 0.132. The van der Waals surface area contributed by atoms with E-state index in [1.54, 1.807) is 0 Å². The lowest BCUT2D eigenvalue weighted by Gasteiger charge is -2.15. The van der Waals surface area contributed by atoms with E-state index in [2.05, 4.69) is 10.3 Å². The number of aliphatic hydroxyl groups is 1. The Bertz CT molecular complexity index is 603. The van der Waals surface area contributed by atoms with Crippen LogP contribution in [0.1, 0.15) is 26.5 Å². The van der Waals surface area contributed by atoms with E-state index < -0.39 is 24.2 Å². The molecular formula is C14H22N4O5. The number of carbonyl (C=O) groups is 1. The monoisotopic (exact) mass is 326 g/mol. The molecule has 1 amide bonds. The van der Waals surface area contributed by atoms with E-state index in [4.69, 9.17) is 20.3 Å². The summed E-state index contributed by atoms with van der Waals surface area (Å²) >= 11 is 0. The topological polar surface area (TPSA) is 129 Å². The van der Waals surface area contributed by atoms with Gasteiger partial charge in [0.15, 0.2) is 12.5 Å². The molecule has 2 heterocycles. The number of nitrogens with two attached hydrogens (primary N) is 1. The van der Waals surface area contributed by atoms with E-state index >= 15 is 0 Å². The third-order valence-corrected chi connectivity index (χ3v) is 3.34. The normalized spacial score (nSPS) is 22.3. The van der Waals surface area contributed by atoms with Crippen LogP contribution in [0.2, 0.25) is 0 Å². The fourth-order valence-corrected chi connectivity index (χ4v) is 2.22. The fraction of sp³-hybridized carbons (Fsp3) is 0.643. The van der Waals surface area contributed by atoms with Crippen molar-refractivity contribution in [3.05, 3.63) is 22.7 Å². The van der Waals surface area contributed by atoms with Crippen molar-refractivity contribution in [1.29, 1.82) is 0 Å². The van der Waals surface area contributed by atoms with Crippen LogP contribution < -0.4 is 16.7 Å². The van der Waals surface area contributed by atoms with Gasteiger partial charge < -0.3 is 25.6 Å². The minimum atomic E-state index is -0.750. The molecule has 1 aromatic rings. The molecule has 1 aromatic heterocycles. The van der Waals surface area contributed by atoms with Gasteiger partial charge in [-0.2, -0.15) is 4.98 Å². The van der Waals surface area contributed by atoms with Crippen molar-refractivity contribution in [2.45, 2.75) is 38.8 Å². The second kappa shape index (κ2) is 7.64. The Morgan fingerprint density at radius 1 is 1.61 bits per heavy atom. The highest BCUT2D eigenvalue weighted by atomic mass is 16.7. The van der Waals surface area contributed by atoms with E-state index in [0.29, 0.717) is 6.42 Å². The Kier molecular flexibility index (Phi) is 5.83. The Labute approximate surface area is 133 Å². The number of aliphatic hydroxyl groups excluding tert-OH is 1. The number of aromatic nitrogens is 2. The number of hydrogen-bond donors (Lipinski definition) is 3. The lowest BCUT2D eigenvalue weighted by Crippen LogP contribution is -2.37. The van der Waals surface area contributed by atoms with Crippen LogP contribution in [-0.2, 0) is 14.3 Å². The first-order valence-corrected chi connectivity index (χ1v) is 7.44. The molecule has 128 valence electrons.